The van der Waals surface area contributed by atoms with Crippen molar-refractivity contribution in [3.8, 4) is 11.1 Å². The Balaban J connectivity index is 1.18. The number of amides is 2. The fraction of sp³-hybridized carbons (Fsp3) is 0.483. The predicted octanol–water partition coefficient (Wildman–Crippen LogP) is 4.46. The lowest BCUT2D eigenvalue weighted by molar-refractivity contribution is -0.118. The first kappa shape index (κ1) is 24.7. The summed E-state index contributed by atoms with van der Waals surface area (Å²) in [6.07, 6.45) is 5.56. The standard InChI is InChI=1S/C29H33N5O4/c1-29(2,3)28-33-27(38-34-28)26(36)31-22-7-5-4-6-18-12-16(8-9-19(18)22)17-10-11-30-23(13-17)32-25(35)24-20-14-37-15-21(20)24/h8-13,20-22,24H,4-7,14-15H2,1-3H3,(H,31,36)(H,30,32,35)/t20-,21+,22-,24-/m0/s1. The third kappa shape index (κ3) is 4.82. The van der Waals surface area contributed by atoms with Gasteiger partial charge in [0.1, 0.15) is 5.82 Å². The lowest BCUT2D eigenvalue weighted by atomic mass is 9.94. The molecule has 1 saturated carbocycles. The Morgan fingerprint density at radius 1 is 1.03 bits per heavy atom. The number of ether oxygens (including phenoxy) is 1. The smallest absolute Gasteiger partial charge is 0.315 e. The van der Waals surface area contributed by atoms with Crippen LogP contribution in [0.15, 0.2) is 41.1 Å². The van der Waals surface area contributed by atoms with Gasteiger partial charge >= 0.3 is 11.8 Å². The molecule has 38 heavy (non-hydrogen) atoms. The first-order chi connectivity index (χ1) is 18.3. The van der Waals surface area contributed by atoms with Gasteiger partial charge in [-0.3, -0.25) is 9.59 Å². The van der Waals surface area contributed by atoms with Crippen LogP contribution in [0.1, 0.15) is 73.7 Å². The zero-order valence-corrected chi connectivity index (χ0v) is 22.0. The average Bonchev–Trinajstić information content (AvgIpc) is 3.19. The molecule has 198 valence electrons. The van der Waals surface area contributed by atoms with Crippen LogP contribution in [0, 0.1) is 17.8 Å². The molecule has 0 spiro atoms. The number of anilines is 1. The molecule has 0 bridgehead atoms. The summed E-state index contributed by atoms with van der Waals surface area (Å²) in [5.41, 5.74) is 4.06. The Morgan fingerprint density at radius 3 is 2.58 bits per heavy atom. The number of fused-ring (bicyclic) bond motifs is 2. The summed E-state index contributed by atoms with van der Waals surface area (Å²) in [6.45, 7) is 7.29. The summed E-state index contributed by atoms with van der Waals surface area (Å²) in [6, 6.07) is 10.1. The van der Waals surface area contributed by atoms with Gasteiger partial charge in [-0.05, 0) is 65.5 Å². The number of aryl methyl sites for hydroxylation is 1. The summed E-state index contributed by atoms with van der Waals surface area (Å²) < 4.78 is 10.7. The largest absolute Gasteiger partial charge is 0.381 e. The van der Waals surface area contributed by atoms with Crippen molar-refractivity contribution in [3.05, 3.63) is 59.4 Å². The summed E-state index contributed by atoms with van der Waals surface area (Å²) in [7, 11) is 0. The van der Waals surface area contributed by atoms with E-state index in [4.69, 9.17) is 9.26 Å². The number of nitrogens with one attached hydrogen (secondary N) is 2. The number of pyridine rings is 1. The molecule has 1 aliphatic heterocycles. The van der Waals surface area contributed by atoms with Gasteiger partial charge in [-0.25, -0.2) is 4.98 Å². The molecule has 1 saturated heterocycles. The summed E-state index contributed by atoms with van der Waals surface area (Å²) in [4.78, 5) is 34.3. The first-order valence-corrected chi connectivity index (χ1v) is 13.4. The van der Waals surface area contributed by atoms with Crippen molar-refractivity contribution in [3.63, 3.8) is 0 Å². The maximum Gasteiger partial charge on any atom is 0.315 e. The van der Waals surface area contributed by atoms with Crippen molar-refractivity contribution in [1.29, 1.82) is 0 Å². The first-order valence-electron chi connectivity index (χ1n) is 13.4. The number of benzene rings is 1. The van der Waals surface area contributed by atoms with Gasteiger partial charge in [-0.15, -0.1) is 0 Å². The number of carbonyl (C=O) groups excluding carboxylic acids is 2. The monoisotopic (exact) mass is 515 g/mol. The van der Waals surface area contributed by atoms with E-state index < -0.39 is 0 Å². The maximum atomic E-state index is 12.9. The quantitative estimate of drug-likeness (QED) is 0.482. The van der Waals surface area contributed by atoms with E-state index in [0.29, 0.717) is 36.7 Å². The average molecular weight is 516 g/mol. The number of aromatic nitrogens is 3. The summed E-state index contributed by atoms with van der Waals surface area (Å²) in [5.74, 6) is 1.50. The molecule has 0 unspecified atom stereocenters. The number of hydrogen-bond donors (Lipinski definition) is 2. The molecule has 2 amide bonds. The Kier molecular flexibility index (Phi) is 6.26. The van der Waals surface area contributed by atoms with Gasteiger partial charge in [0.05, 0.1) is 19.3 Å². The zero-order valence-electron chi connectivity index (χ0n) is 22.0. The molecule has 0 radical (unpaired) electrons. The number of rotatable bonds is 5. The van der Waals surface area contributed by atoms with Crippen molar-refractivity contribution < 1.29 is 18.8 Å². The Labute approximate surface area is 221 Å². The van der Waals surface area contributed by atoms with Gasteiger partial charge in [-0.1, -0.05) is 50.5 Å². The van der Waals surface area contributed by atoms with Crippen molar-refractivity contribution in [2.24, 2.45) is 17.8 Å². The SMILES string of the molecule is CC(C)(C)c1noc(C(=O)N[C@H]2CCCCc3cc(-c4ccnc(NC(=O)[C@@H]5[C@@H]6COC[C@@H]65)c4)ccc32)n1. The van der Waals surface area contributed by atoms with Gasteiger partial charge in [0.15, 0.2) is 5.82 Å². The second kappa shape index (κ2) is 9.62. The maximum absolute atomic E-state index is 12.9. The molecule has 3 heterocycles. The molecule has 3 aliphatic rings. The normalized spacial score (nSPS) is 24.2. The van der Waals surface area contributed by atoms with Gasteiger partial charge < -0.3 is 19.9 Å². The topological polar surface area (TPSA) is 119 Å². The molecule has 9 heteroatoms. The van der Waals surface area contributed by atoms with E-state index in [2.05, 4.69) is 44.0 Å². The van der Waals surface area contributed by atoms with E-state index in [-0.39, 0.29) is 35.1 Å². The zero-order chi connectivity index (χ0) is 26.4. The molecule has 2 aliphatic carbocycles. The highest BCUT2D eigenvalue weighted by Crippen LogP contribution is 2.51. The van der Waals surface area contributed by atoms with E-state index >= 15 is 0 Å². The van der Waals surface area contributed by atoms with Crippen LogP contribution in [-0.4, -0.2) is 40.2 Å². The number of nitrogens with zero attached hydrogens (tertiary/aromatic N) is 3. The van der Waals surface area contributed by atoms with Crippen molar-refractivity contribution in [1.82, 2.24) is 20.4 Å². The van der Waals surface area contributed by atoms with Crippen molar-refractivity contribution in [2.75, 3.05) is 18.5 Å². The molecule has 3 aromatic rings. The van der Waals surface area contributed by atoms with Gasteiger partial charge in [0, 0.05) is 17.5 Å². The van der Waals surface area contributed by atoms with E-state index in [1.165, 1.54) is 5.56 Å². The van der Waals surface area contributed by atoms with Crippen molar-refractivity contribution >= 4 is 17.6 Å². The second-order valence-electron chi connectivity index (χ2n) is 11.7. The predicted molar refractivity (Wildman–Crippen MR) is 140 cm³/mol. The van der Waals surface area contributed by atoms with E-state index in [1.54, 1.807) is 6.20 Å². The van der Waals surface area contributed by atoms with Crippen molar-refractivity contribution in [2.45, 2.75) is 57.9 Å². The molecular formula is C29H33N5O4. The summed E-state index contributed by atoms with van der Waals surface area (Å²) in [5, 5.41) is 10.1. The van der Waals surface area contributed by atoms with Crippen LogP contribution in [0.4, 0.5) is 5.82 Å². The molecular weight excluding hydrogens is 482 g/mol. The minimum atomic E-state index is -0.351. The van der Waals surface area contributed by atoms with Crippen LogP contribution in [0.5, 0.6) is 0 Å². The Bertz CT molecular complexity index is 1370. The van der Waals surface area contributed by atoms with Crippen LogP contribution in [0.2, 0.25) is 0 Å². The van der Waals surface area contributed by atoms with Crippen LogP contribution in [-0.2, 0) is 21.4 Å². The highest BCUT2D eigenvalue weighted by Gasteiger charge is 2.58. The molecule has 1 aromatic carbocycles. The molecule has 9 nitrogen and oxygen atoms in total. The lowest BCUT2D eigenvalue weighted by Gasteiger charge is -2.19. The van der Waals surface area contributed by atoms with E-state index in [0.717, 1.165) is 42.4 Å². The second-order valence-corrected chi connectivity index (χ2v) is 11.7. The third-order valence-corrected chi connectivity index (χ3v) is 7.90. The summed E-state index contributed by atoms with van der Waals surface area (Å²) >= 11 is 0. The van der Waals surface area contributed by atoms with E-state index in [1.807, 2.05) is 32.9 Å². The third-order valence-electron chi connectivity index (χ3n) is 7.90. The van der Waals surface area contributed by atoms with Crippen LogP contribution < -0.4 is 10.6 Å². The minimum Gasteiger partial charge on any atom is -0.381 e. The van der Waals surface area contributed by atoms with Crippen LogP contribution in [0.25, 0.3) is 11.1 Å². The Hall–Kier alpha value is -3.59. The molecule has 2 aromatic heterocycles. The van der Waals surface area contributed by atoms with Gasteiger partial charge in [0.2, 0.25) is 5.91 Å². The number of hydrogen-bond acceptors (Lipinski definition) is 7. The molecule has 6 rings (SSSR count). The minimum absolute atomic E-state index is 0.00828. The Morgan fingerprint density at radius 2 is 1.82 bits per heavy atom. The van der Waals surface area contributed by atoms with Crippen LogP contribution in [0.3, 0.4) is 0 Å². The fourth-order valence-electron chi connectivity index (χ4n) is 5.67. The van der Waals surface area contributed by atoms with Gasteiger partial charge in [0.25, 0.3) is 0 Å². The van der Waals surface area contributed by atoms with E-state index in [9.17, 15) is 9.59 Å². The highest BCUT2D eigenvalue weighted by molar-refractivity contribution is 5.94. The molecule has 2 fully saturated rings. The molecule has 2 N–H and O–H groups in total. The lowest BCUT2D eigenvalue weighted by Crippen LogP contribution is -2.29. The van der Waals surface area contributed by atoms with Crippen LogP contribution >= 0.6 is 0 Å². The molecule has 4 atom stereocenters. The highest BCUT2D eigenvalue weighted by atomic mass is 16.5. The number of carbonyl (C=O) groups is 2. The van der Waals surface area contributed by atoms with Gasteiger partial charge in [-0.2, -0.15) is 4.98 Å². The fourth-order valence-corrected chi connectivity index (χ4v) is 5.67.